The number of benzene rings is 1. The van der Waals surface area contributed by atoms with Crippen LogP contribution in [0.3, 0.4) is 0 Å². The minimum atomic E-state index is -0.802. The quantitative estimate of drug-likeness (QED) is 0.395. The number of aromatic nitrogens is 1. The van der Waals surface area contributed by atoms with Crippen molar-refractivity contribution in [2.75, 3.05) is 14.2 Å². The van der Waals surface area contributed by atoms with Gasteiger partial charge in [0.15, 0.2) is 0 Å². The molecule has 0 atom stereocenters. The summed E-state index contributed by atoms with van der Waals surface area (Å²) in [6.45, 7) is -0.310. The summed E-state index contributed by atoms with van der Waals surface area (Å²) >= 11 is 0. The number of H-pyrrole nitrogens is 1. The molecule has 0 radical (unpaired) electrons. The largest absolute Gasteiger partial charge is 0.497 e. The van der Waals surface area contributed by atoms with Gasteiger partial charge in [0.1, 0.15) is 34.6 Å². The van der Waals surface area contributed by atoms with Crippen LogP contribution in [0.15, 0.2) is 39.5 Å². The number of nitrogens with one attached hydrogen (secondary N) is 1. The fourth-order valence-electron chi connectivity index (χ4n) is 3.14. The Balaban J connectivity index is 2.04. The molecule has 3 rings (SSSR count). The summed E-state index contributed by atoms with van der Waals surface area (Å²) in [5.74, 6) is 0.705. The molecule has 0 saturated carbocycles. The minimum Gasteiger partial charge on any atom is -0.497 e. The molecule has 0 aliphatic carbocycles. The monoisotopic (exact) mass is 452 g/mol. The molecule has 0 aliphatic heterocycles. The van der Waals surface area contributed by atoms with Crippen LogP contribution in [0.2, 0.25) is 0 Å². The predicted octanol–water partition coefficient (Wildman–Crippen LogP) is 3.65. The number of nitriles is 1. The number of ether oxygens (including phenoxy) is 2. The number of nitro groups is 2. The van der Waals surface area contributed by atoms with Crippen molar-refractivity contribution in [2.24, 2.45) is 0 Å². The second kappa shape index (κ2) is 9.58. The fourth-order valence-corrected chi connectivity index (χ4v) is 3.14. The zero-order valence-electron chi connectivity index (χ0n) is 17.4. The van der Waals surface area contributed by atoms with E-state index in [1.54, 1.807) is 12.1 Å². The highest BCUT2D eigenvalue weighted by Gasteiger charge is 2.25. The van der Waals surface area contributed by atoms with E-state index in [4.69, 9.17) is 13.9 Å². The molecule has 33 heavy (non-hydrogen) atoms. The van der Waals surface area contributed by atoms with E-state index in [2.05, 4.69) is 4.98 Å². The normalized spacial score (nSPS) is 10.8. The van der Waals surface area contributed by atoms with E-state index < -0.39 is 26.7 Å². The summed E-state index contributed by atoms with van der Waals surface area (Å²) in [6, 6.07) is 8.94. The van der Waals surface area contributed by atoms with Gasteiger partial charge in [0.05, 0.1) is 40.8 Å². The Morgan fingerprint density at radius 3 is 2.52 bits per heavy atom. The van der Waals surface area contributed by atoms with Crippen LogP contribution >= 0.6 is 0 Å². The fraction of sp³-hybridized carbons (Fsp3) is 0.143. The Morgan fingerprint density at radius 2 is 1.91 bits per heavy atom. The number of aromatic amines is 1. The average molecular weight is 452 g/mol. The SMILES string of the molecule is COCc1c([N+](=O)[O-])c(C=Cc2ccc(-c3ccc(OC)cc3[N+](=O)[O-])o2)[nH]c(=O)c1C#N. The van der Waals surface area contributed by atoms with Crippen LogP contribution in [0, 0.1) is 31.6 Å². The van der Waals surface area contributed by atoms with Gasteiger partial charge < -0.3 is 18.9 Å². The van der Waals surface area contributed by atoms with E-state index in [1.165, 1.54) is 50.6 Å². The van der Waals surface area contributed by atoms with Gasteiger partial charge in [0.2, 0.25) is 0 Å². The lowest BCUT2D eigenvalue weighted by atomic mass is 10.1. The van der Waals surface area contributed by atoms with Gasteiger partial charge in [-0.3, -0.25) is 25.0 Å². The first-order valence-corrected chi connectivity index (χ1v) is 9.24. The standard InChI is InChI=1S/C21H16N4O8/c1-31-11-16-15(10-22)21(26)23-17(20(16)25(29)30)7-4-12-5-8-19(33-12)14-6-3-13(32-2)9-18(14)24(27)28/h3-9H,11H2,1-2H3,(H,23,26). The van der Waals surface area contributed by atoms with Crippen molar-refractivity contribution in [3.63, 3.8) is 0 Å². The van der Waals surface area contributed by atoms with E-state index in [-0.39, 0.29) is 40.6 Å². The van der Waals surface area contributed by atoms with Crippen LogP contribution in [0.25, 0.3) is 23.5 Å². The molecular formula is C21H16N4O8. The Labute approximate surface area is 185 Å². The zero-order valence-corrected chi connectivity index (χ0v) is 17.4. The summed E-state index contributed by atoms with van der Waals surface area (Å²) in [6.07, 6.45) is 2.59. The third kappa shape index (κ3) is 4.63. The molecule has 0 saturated heterocycles. The molecule has 0 aliphatic rings. The lowest BCUT2D eigenvalue weighted by molar-refractivity contribution is -0.386. The summed E-state index contributed by atoms with van der Waals surface area (Å²) in [5.41, 5.74) is -2.03. The molecule has 2 aromatic heterocycles. The topological polar surface area (TPSA) is 175 Å². The van der Waals surface area contributed by atoms with E-state index in [1.807, 2.05) is 0 Å². The lowest BCUT2D eigenvalue weighted by Crippen LogP contribution is -2.18. The maximum absolute atomic E-state index is 12.2. The summed E-state index contributed by atoms with van der Waals surface area (Å²) in [4.78, 5) is 36.3. The Hall–Kier alpha value is -4.76. The van der Waals surface area contributed by atoms with Crippen molar-refractivity contribution in [3.8, 4) is 23.1 Å². The summed E-state index contributed by atoms with van der Waals surface area (Å²) in [5, 5.41) is 32.3. The highest BCUT2D eigenvalue weighted by molar-refractivity contribution is 5.75. The van der Waals surface area contributed by atoms with Gasteiger partial charge >= 0.3 is 0 Å². The summed E-state index contributed by atoms with van der Waals surface area (Å²) in [7, 11) is 2.67. The van der Waals surface area contributed by atoms with Gasteiger partial charge in [-0.15, -0.1) is 0 Å². The number of nitro benzene ring substituents is 1. The first kappa shape index (κ1) is 22.9. The molecule has 1 N–H and O–H groups in total. The highest BCUT2D eigenvalue weighted by atomic mass is 16.6. The number of furan rings is 1. The van der Waals surface area contributed by atoms with Gasteiger partial charge in [-0.2, -0.15) is 5.26 Å². The van der Waals surface area contributed by atoms with Gasteiger partial charge in [0, 0.05) is 7.11 Å². The minimum absolute atomic E-state index is 0.151. The number of nitrogens with zero attached hydrogens (tertiary/aromatic N) is 3. The van der Waals surface area contributed by atoms with Gasteiger partial charge in [-0.25, -0.2) is 0 Å². The van der Waals surface area contributed by atoms with Crippen molar-refractivity contribution in [3.05, 3.63) is 83.5 Å². The number of rotatable bonds is 8. The molecule has 12 nitrogen and oxygen atoms in total. The number of hydrogen-bond acceptors (Lipinski definition) is 9. The number of methoxy groups -OCH3 is 2. The van der Waals surface area contributed by atoms with Gasteiger partial charge in [-0.05, 0) is 36.4 Å². The van der Waals surface area contributed by atoms with Crippen LogP contribution in [0.1, 0.15) is 22.6 Å². The number of hydrogen-bond donors (Lipinski definition) is 1. The maximum Gasteiger partial charge on any atom is 0.299 e. The van der Waals surface area contributed by atoms with E-state index in [0.29, 0.717) is 5.75 Å². The molecule has 0 bridgehead atoms. The smallest absolute Gasteiger partial charge is 0.299 e. The third-order valence-electron chi connectivity index (χ3n) is 4.61. The first-order valence-electron chi connectivity index (χ1n) is 9.24. The maximum atomic E-state index is 12.2. The molecule has 168 valence electrons. The molecule has 0 unspecified atom stereocenters. The van der Waals surface area contributed by atoms with Gasteiger partial charge in [0.25, 0.3) is 16.9 Å². The second-order valence-electron chi connectivity index (χ2n) is 6.55. The molecule has 0 amide bonds. The molecule has 2 heterocycles. The molecule has 12 heteroatoms. The zero-order chi connectivity index (χ0) is 24.1. The Bertz CT molecular complexity index is 1360. The molecule has 1 aromatic carbocycles. The average Bonchev–Trinajstić information content (AvgIpc) is 3.26. The van der Waals surface area contributed by atoms with Crippen molar-refractivity contribution < 1.29 is 23.7 Å². The van der Waals surface area contributed by atoms with E-state index >= 15 is 0 Å². The summed E-state index contributed by atoms with van der Waals surface area (Å²) < 4.78 is 15.6. The molecular weight excluding hydrogens is 436 g/mol. The first-order chi connectivity index (χ1) is 15.8. The Morgan fingerprint density at radius 1 is 1.15 bits per heavy atom. The number of pyridine rings is 1. The van der Waals surface area contributed by atoms with Crippen LogP contribution in [0.4, 0.5) is 11.4 Å². The van der Waals surface area contributed by atoms with Crippen molar-refractivity contribution in [1.82, 2.24) is 4.98 Å². The predicted molar refractivity (Wildman–Crippen MR) is 115 cm³/mol. The Kier molecular flexibility index (Phi) is 6.65. The van der Waals surface area contributed by atoms with E-state index in [0.717, 1.165) is 0 Å². The molecule has 0 spiro atoms. The van der Waals surface area contributed by atoms with Crippen molar-refractivity contribution >= 4 is 23.5 Å². The van der Waals surface area contributed by atoms with Crippen molar-refractivity contribution in [1.29, 1.82) is 5.26 Å². The highest BCUT2D eigenvalue weighted by Crippen LogP contribution is 2.34. The molecule has 0 fully saturated rings. The van der Waals surface area contributed by atoms with Crippen LogP contribution in [-0.4, -0.2) is 29.1 Å². The van der Waals surface area contributed by atoms with Crippen LogP contribution < -0.4 is 10.3 Å². The van der Waals surface area contributed by atoms with Gasteiger partial charge in [-0.1, -0.05) is 0 Å². The molecule has 3 aromatic rings. The van der Waals surface area contributed by atoms with Crippen LogP contribution in [0.5, 0.6) is 5.75 Å². The van der Waals surface area contributed by atoms with E-state index in [9.17, 15) is 30.3 Å². The van der Waals surface area contributed by atoms with Crippen molar-refractivity contribution in [2.45, 2.75) is 6.61 Å². The van der Waals surface area contributed by atoms with Crippen LogP contribution in [-0.2, 0) is 11.3 Å². The lowest BCUT2D eigenvalue weighted by Gasteiger charge is -2.06. The second-order valence-corrected chi connectivity index (χ2v) is 6.55. The third-order valence-corrected chi connectivity index (χ3v) is 4.61.